The average molecular weight is 149 g/mol. The third kappa shape index (κ3) is 2.12. The molecule has 1 fully saturated rings. The molecule has 0 aromatic carbocycles. The third-order valence-corrected chi connectivity index (χ3v) is 1.76. The van der Waals surface area contributed by atoms with Crippen LogP contribution in [0.5, 0.6) is 0 Å². The lowest BCUT2D eigenvalue weighted by Gasteiger charge is -2.02. The third-order valence-electron chi connectivity index (χ3n) is 1.76. The molecule has 0 saturated heterocycles. The lowest BCUT2D eigenvalue weighted by molar-refractivity contribution is 0.209. The molecule has 2 heteroatoms. The van der Waals surface area contributed by atoms with Crippen molar-refractivity contribution in [2.45, 2.75) is 12.8 Å². The SMILES string of the molecule is C=C/C=C/OCC1(C#N)CC1. The normalized spacial score (nSPS) is 19.2. The van der Waals surface area contributed by atoms with Crippen LogP contribution >= 0.6 is 0 Å². The number of hydrogen-bond acceptors (Lipinski definition) is 2. The van der Waals surface area contributed by atoms with E-state index in [0.29, 0.717) is 6.61 Å². The standard InChI is InChI=1S/C9H11NO/c1-2-3-6-11-8-9(7-10)4-5-9/h2-3,6H,1,4-5,8H2/b6-3+. The molecule has 0 radical (unpaired) electrons. The van der Waals surface area contributed by atoms with E-state index < -0.39 is 0 Å². The summed E-state index contributed by atoms with van der Waals surface area (Å²) in [4.78, 5) is 0. The van der Waals surface area contributed by atoms with Crippen molar-refractivity contribution in [3.8, 4) is 6.07 Å². The summed E-state index contributed by atoms with van der Waals surface area (Å²) in [5, 5.41) is 8.64. The number of hydrogen-bond donors (Lipinski definition) is 0. The Labute approximate surface area is 66.8 Å². The fraction of sp³-hybridized carbons (Fsp3) is 0.444. The molecule has 0 aliphatic heterocycles. The van der Waals surface area contributed by atoms with Gasteiger partial charge in [0.1, 0.15) is 6.61 Å². The minimum atomic E-state index is -0.161. The van der Waals surface area contributed by atoms with Crippen LogP contribution in [0.25, 0.3) is 0 Å². The van der Waals surface area contributed by atoms with Gasteiger partial charge in [-0.1, -0.05) is 12.7 Å². The lowest BCUT2D eigenvalue weighted by atomic mass is 10.2. The van der Waals surface area contributed by atoms with Crippen molar-refractivity contribution < 1.29 is 4.74 Å². The second-order valence-corrected chi connectivity index (χ2v) is 2.77. The van der Waals surface area contributed by atoms with E-state index in [1.54, 1.807) is 18.4 Å². The van der Waals surface area contributed by atoms with Gasteiger partial charge in [0.2, 0.25) is 0 Å². The van der Waals surface area contributed by atoms with Crippen LogP contribution in [0, 0.1) is 16.7 Å². The van der Waals surface area contributed by atoms with Gasteiger partial charge in [0.05, 0.1) is 17.7 Å². The van der Waals surface area contributed by atoms with E-state index in [-0.39, 0.29) is 5.41 Å². The zero-order chi connectivity index (χ0) is 8.16. The monoisotopic (exact) mass is 149 g/mol. The van der Waals surface area contributed by atoms with E-state index in [9.17, 15) is 0 Å². The summed E-state index contributed by atoms with van der Waals surface area (Å²) >= 11 is 0. The Kier molecular flexibility index (Phi) is 2.32. The van der Waals surface area contributed by atoms with Crippen molar-refractivity contribution in [2.75, 3.05) is 6.61 Å². The van der Waals surface area contributed by atoms with Crippen LogP contribution in [-0.4, -0.2) is 6.61 Å². The highest BCUT2D eigenvalue weighted by molar-refractivity contribution is 5.10. The molecule has 0 aromatic heterocycles. The molecule has 0 heterocycles. The largest absolute Gasteiger partial charge is 0.500 e. The first-order valence-corrected chi connectivity index (χ1v) is 3.63. The Morgan fingerprint density at radius 2 is 2.36 bits per heavy atom. The fourth-order valence-electron chi connectivity index (χ4n) is 0.758. The van der Waals surface area contributed by atoms with Crippen LogP contribution in [-0.2, 0) is 4.74 Å². The Morgan fingerprint density at radius 1 is 1.64 bits per heavy atom. The smallest absolute Gasteiger partial charge is 0.106 e. The first-order valence-electron chi connectivity index (χ1n) is 3.63. The molecule has 0 bridgehead atoms. The molecule has 1 aliphatic carbocycles. The summed E-state index contributed by atoms with van der Waals surface area (Å²) in [5.74, 6) is 0. The predicted molar refractivity (Wildman–Crippen MR) is 42.6 cm³/mol. The van der Waals surface area contributed by atoms with Gasteiger partial charge in [-0.2, -0.15) is 5.26 Å². The van der Waals surface area contributed by atoms with Crippen LogP contribution in [0.4, 0.5) is 0 Å². The van der Waals surface area contributed by atoms with Gasteiger partial charge in [0.15, 0.2) is 0 Å². The zero-order valence-electron chi connectivity index (χ0n) is 6.42. The molecule has 11 heavy (non-hydrogen) atoms. The summed E-state index contributed by atoms with van der Waals surface area (Å²) in [6.45, 7) is 4.02. The van der Waals surface area contributed by atoms with Gasteiger partial charge in [-0.3, -0.25) is 0 Å². The average Bonchev–Trinajstić information content (AvgIpc) is 2.80. The van der Waals surface area contributed by atoms with E-state index in [1.807, 2.05) is 0 Å². The minimum Gasteiger partial charge on any atom is -0.500 e. The topological polar surface area (TPSA) is 33.0 Å². The number of ether oxygens (including phenoxy) is 1. The van der Waals surface area contributed by atoms with Crippen molar-refractivity contribution in [2.24, 2.45) is 5.41 Å². The summed E-state index contributed by atoms with van der Waals surface area (Å²) in [6, 6.07) is 2.24. The van der Waals surface area contributed by atoms with Gasteiger partial charge in [-0.15, -0.1) is 0 Å². The molecule has 0 atom stereocenters. The highest BCUT2D eigenvalue weighted by Gasteiger charge is 2.43. The summed E-state index contributed by atoms with van der Waals surface area (Å²) in [5.41, 5.74) is -0.161. The number of allylic oxidation sites excluding steroid dienone is 2. The zero-order valence-corrected chi connectivity index (χ0v) is 6.42. The van der Waals surface area contributed by atoms with Crippen molar-refractivity contribution in [3.63, 3.8) is 0 Å². The number of rotatable bonds is 4. The van der Waals surface area contributed by atoms with Crippen molar-refractivity contribution >= 4 is 0 Å². The molecule has 1 aliphatic rings. The van der Waals surface area contributed by atoms with Crippen LogP contribution in [0.2, 0.25) is 0 Å². The Hall–Kier alpha value is -1.23. The van der Waals surface area contributed by atoms with E-state index in [2.05, 4.69) is 12.6 Å². The Bertz CT molecular complexity index is 208. The number of nitrogens with zero attached hydrogens (tertiary/aromatic N) is 1. The van der Waals surface area contributed by atoms with Crippen LogP contribution < -0.4 is 0 Å². The van der Waals surface area contributed by atoms with Gasteiger partial charge >= 0.3 is 0 Å². The number of nitriles is 1. The van der Waals surface area contributed by atoms with Gasteiger partial charge in [0, 0.05) is 0 Å². The molecule has 58 valence electrons. The van der Waals surface area contributed by atoms with Gasteiger partial charge in [-0.25, -0.2) is 0 Å². The van der Waals surface area contributed by atoms with E-state index in [0.717, 1.165) is 12.8 Å². The van der Waals surface area contributed by atoms with E-state index >= 15 is 0 Å². The summed E-state index contributed by atoms with van der Waals surface area (Å²) in [6.07, 6.45) is 6.89. The minimum absolute atomic E-state index is 0.161. The highest BCUT2D eigenvalue weighted by atomic mass is 16.5. The summed E-state index contributed by atoms with van der Waals surface area (Å²) in [7, 11) is 0. The summed E-state index contributed by atoms with van der Waals surface area (Å²) < 4.78 is 5.12. The van der Waals surface area contributed by atoms with Gasteiger partial charge < -0.3 is 4.74 Å². The van der Waals surface area contributed by atoms with Crippen molar-refractivity contribution in [1.29, 1.82) is 5.26 Å². The van der Waals surface area contributed by atoms with Crippen molar-refractivity contribution in [3.05, 3.63) is 25.0 Å². The van der Waals surface area contributed by atoms with Gasteiger partial charge in [-0.05, 0) is 18.9 Å². The quantitative estimate of drug-likeness (QED) is 0.452. The fourth-order valence-corrected chi connectivity index (χ4v) is 0.758. The Balaban J connectivity index is 2.18. The predicted octanol–water partition coefficient (Wildman–Crippen LogP) is 2.01. The molecular formula is C9H11NO. The van der Waals surface area contributed by atoms with Crippen LogP contribution in [0.15, 0.2) is 25.0 Å². The van der Waals surface area contributed by atoms with Crippen molar-refractivity contribution in [1.82, 2.24) is 0 Å². The maximum absolute atomic E-state index is 8.64. The molecule has 2 nitrogen and oxygen atoms in total. The molecule has 0 unspecified atom stereocenters. The molecule has 0 amide bonds. The first kappa shape index (κ1) is 7.87. The molecule has 0 aromatic rings. The molecule has 1 saturated carbocycles. The van der Waals surface area contributed by atoms with E-state index in [4.69, 9.17) is 10.00 Å². The van der Waals surface area contributed by atoms with Gasteiger partial charge in [0.25, 0.3) is 0 Å². The van der Waals surface area contributed by atoms with Crippen LogP contribution in [0.3, 0.4) is 0 Å². The molecule has 1 rings (SSSR count). The highest BCUT2D eigenvalue weighted by Crippen LogP contribution is 2.44. The molecule has 0 spiro atoms. The molecule has 0 N–H and O–H groups in total. The van der Waals surface area contributed by atoms with Crippen LogP contribution in [0.1, 0.15) is 12.8 Å². The molecular weight excluding hydrogens is 138 g/mol. The first-order chi connectivity index (χ1) is 5.33. The van der Waals surface area contributed by atoms with E-state index in [1.165, 1.54) is 0 Å². The lowest BCUT2D eigenvalue weighted by Crippen LogP contribution is -2.04. The maximum Gasteiger partial charge on any atom is 0.106 e. The maximum atomic E-state index is 8.64. The Morgan fingerprint density at radius 3 is 2.82 bits per heavy atom. The second kappa shape index (κ2) is 3.25. The second-order valence-electron chi connectivity index (χ2n) is 2.77.